The number of ether oxygens (including phenoxy) is 1. The second-order valence-electron chi connectivity index (χ2n) is 9.19. The van der Waals surface area contributed by atoms with Crippen LogP contribution in [0.2, 0.25) is 0 Å². The van der Waals surface area contributed by atoms with E-state index in [2.05, 4.69) is 10.6 Å². The molecule has 1 saturated heterocycles. The molecule has 0 saturated carbocycles. The molecule has 1 aromatic carbocycles. The summed E-state index contributed by atoms with van der Waals surface area (Å²) < 4.78 is 19.6. The van der Waals surface area contributed by atoms with Crippen LogP contribution in [0.25, 0.3) is 0 Å². The van der Waals surface area contributed by atoms with Crippen LogP contribution >= 0.6 is 23.4 Å². The van der Waals surface area contributed by atoms with Gasteiger partial charge >= 0.3 is 0 Å². The Kier molecular flexibility index (Phi) is 11.2. The zero-order valence-corrected chi connectivity index (χ0v) is 22.1. The van der Waals surface area contributed by atoms with Crippen LogP contribution in [-0.2, 0) is 16.0 Å². The maximum atomic E-state index is 13.8. The molecule has 0 bridgehead atoms. The highest BCUT2D eigenvalue weighted by molar-refractivity contribution is 7.99. The Hall–Kier alpha value is -1.46. The van der Waals surface area contributed by atoms with Crippen molar-refractivity contribution in [1.29, 1.82) is 0 Å². The second-order valence-corrected chi connectivity index (χ2v) is 10.8. The van der Waals surface area contributed by atoms with Crippen molar-refractivity contribution < 1.29 is 29.2 Å². The molecular weight excluding hydrogens is 507 g/mol. The standard InChI is InChI=1S/C26H36ClFN2O5S/c1-15(27)20(24-22(32)21(31)23(33)26(35-24)36-2)30-25(34)19-12-11-16(13-14-29-19)7-3-4-8-17-9-5-6-10-18(17)28/h3,5-7,9-11,15,19-24,26,29,31-33H,4,8,12-14H2,1-2H3,(H,30,34)/b7-3+/t15-,19-,20+,21?,22-,23+,24+,26?/m0/s1. The van der Waals surface area contributed by atoms with Crippen LogP contribution in [0, 0.1) is 5.82 Å². The highest BCUT2D eigenvalue weighted by Crippen LogP contribution is 2.30. The SMILES string of the molecule is CSC1O[C@H]([C@H](NC(=O)[C@@H]2CC=C(/C=C/CCc3ccccc3F)CCN2)[C@H](C)Cl)[C@@H](O)C(O)[C@H]1O. The number of halogens is 2. The van der Waals surface area contributed by atoms with Gasteiger partial charge in [-0.3, -0.25) is 4.79 Å². The van der Waals surface area contributed by atoms with Crippen molar-refractivity contribution >= 4 is 29.3 Å². The smallest absolute Gasteiger partial charge is 0.237 e. The van der Waals surface area contributed by atoms with Gasteiger partial charge in [0.05, 0.1) is 17.5 Å². The highest BCUT2D eigenvalue weighted by atomic mass is 35.5. The van der Waals surface area contributed by atoms with Crippen LogP contribution in [0.4, 0.5) is 4.39 Å². The van der Waals surface area contributed by atoms with Crippen molar-refractivity contribution in [2.75, 3.05) is 12.8 Å². The summed E-state index contributed by atoms with van der Waals surface area (Å²) in [5, 5.41) is 36.4. The summed E-state index contributed by atoms with van der Waals surface area (Å²) in [7, 11) is 0. The molecule has 200 valence electrons. The largest absolute Gasteiger partial charge is 0.388 e. The minimum absolute atomic E-state index is 0.192. The van der Waals surface area contributed by atoms with Crippen LogP contribution in [-0.4, -0.2) is 81.3 Å². The Morgan fingerprint density at radius 1 is 1.31 bits per heavy atom. The lowest BCUT2D eigenvalue weighted by molar-refractivity contribution is -0.205. The molecule has 1 aromatic rings. The van der Waals surface area contributed by atoms with E-state index in [9.17, 15) is 24.5 Å². The van der Waals surface area contributed by atoms with Crippen molar-refractivity contribution in [2.45, 2.75) is 79.9 Å². The first-order valence-electron chi connectivity index (χ1n) is 12.2. The number of benzene rings is 1. The molecule has 0 spiro atoms. The first-order chi connectivity index (χ1) is 17.2. The van der Waals surface area contributed by atoms with Crippen LogP contribution in [0.1, 0.15) is 31.7 Å². The van der Waals surface area contributed by atoms with Crippen molar-refractivity contribution in [3.8, 4) is 0 Å². The molecule has 0 aliphatic carbocycles. The molecular formula is C26H36ClFN2O5S. The number of aliphatic hydroxyl groups excluding tert-OH is 3. The summed E-state index contributed by atoms with van der Waals surface area (Å²) in [5.74, 6) is -0.478. The van der Waals surface area contributed by atoms with Crippen LogP contribution < -0.4 is 10.6 Å². The number of hydrogen-bond donors (Lipinski definition) is 5. The fourth-order valence-electron chi connectivity index (χ4n) is 4.46. The Bertz CT molecular complexity index is 931. The molecule has 8 atom stereocenters. The van der Waals surface area contributed by atoms with E-state index in [-0.39, 0.29) is 11.7 Å². The normalized spacial score (nSPS) is 30.9. The second kappa shape index (κ2) is 13.9. The molecule has 1 fully saturated rings. The molecule has 3 rings (SSSR count). The number of hydrogen-bond acceptors (Lipinski definition) is 7. The maximum Gasteiger partial charge on any atom is 0.237 e. The number of rotatable bonds is 9. The van der Waals surface area contributed by atoms with Gasteiger partial charge in [0.15, 0.2) is 0 Å². The van der Waals surface area contributed by atoms with Gasteiger partial charge in [0.2, 0.25) is 5.91 Å². The highest BCUT2D eigenvalue weighted by Gasteiger charge is 2.48. The number of nitrogens with one attached hydrogen (secondary N) is 2. The van der Waals surface area contributed by atoms with Gasteiger partial charge in [-0.15, -0.1) is 23.4 Å². The predicted octanol–water partition coefficient (Wildman–Crippen LogP) is 2.28. The summed E-state index contributed by atoms with van der Waals surface area (Å²) in [6.07, 6.45) is 5.28. The average molecular weight is 543 g/mol. The first kappa shape index (κ1) is 29.1. The quantitative estimate of drug-likeness (QED) is 0.304. The van der Waals surface area contributed by atoms with Gasteiger partial charge in [0, 0.05) is 0 Å². The molecule has 2 heterocycles. The first-order valence-corrected chi connectivity index (χ1v) is 13.9. The van der Waals surface area contributed by atoms with Crippen LogP contribution in [0.3, 0.4) is 0 Å². The van der Waals surface area contributed by atoms with Crippen molar-refractivity contribution in [1.82, 2.24) is 10.6 Å². The number of thioether (sulfide) groups is 1. The van der Waals surface area contributed by atoms with Gasteiger partial charge < -0.3 is 30.7 Å². The van der Waals surface area contributed by atoms with Gasteiger partial charge in [0.1, 0.15) is 35.7 Å². The molecule has 2 aliphatic heterocycles. The zero-order valence-electron chi connectivity index (χ0n) is 20.5. The van der Waals surface area contributed by atoms with E-state index >= 15 is 0 Å². The van der Waals surface area contributed by atoms with E-state index in [0.717, 1.165) is 12.0 Å². The molecule has 2 unspecified atom stereocenters. The van der Waals surface area contributed by atoms with Crippen molar-refractivity contribution in [3.63, 3.8) is 0 Å². The summed E-state index contributed by atoms with van der Waals surface area (Å²) in [4.78, 5) is 13.1. The van der Waals surface area contributed by atoms with Gasteiger partial charge in [0.25, 0.3) is 0 Å². The molecule has 0 radical (unpaired) electrons. The van der Waals surface area contributed by atoms with E-state index in [4.69, 9.17) is 16.3 Å². The lowest BCUT2D eigenvalue weighted by Crippen LogP contribution is -2.65. The van der Waals surface area contributed by atoms with Crippen molar-refractivity contribution in [2.24, 2.45) is 0 Å². The van der Waals surface area contributed by atoms with Crippen molar-refractivity contribution in [3.05, 3.63) is 59.4 Å². The molecule has 10 heteroatoms. The van der Waals surface area contributed by atoms with Crippen LogP contribution in [0.15, 0.2) is 48.1 Å². The number of aryl methyl sites for hydroxylation is 1. The predicted molar refractivity (Wildman–Crippen MR) is 140 cm³/mol. The number of amides is 1. The Morgan fingerprint density at radius 3 is 2.75 bits per heavy atom. The summed E-state index contributed by atoms with van der Waals surface area (Å²) in [6.45, 7) is 2.28. The monoisotopic (exact) mass is 542 g/mol. The van der Waals surface area contributed by atoms with Gasteiger partial charge in [-0.25, -0.2) is 4.39 Å². The maximum absolute atomic E-state index is 13.8. The minimum atomic E-state index is -1.41. The van der Waals surface area contributed by atoms with E-state index in [1.165, 1.54) is 17.8 Å². The number of alkyl halides is 1. The number of carbonyl (C=O) groups excluding carboxylic acids is 1. The summed E-state index contributed by atoms with van der Waals surface area (Å²) >= 11 is 7.56. The topological polar surface area (TPSA) is 111 Å². The Labute approximate surface area is 221 Å². The van der Waals surface area contributed by atoms with Gasteiger partial charge in [-0.05, 0) is 57.0 Å². The fraction of sp³-hybridized carbons (Fsp3) is 0.577. The van der Waals surface area contributed by atoms with Gasteiger partial charge in [-0.1, -0.05) is 42.0 Å². The number of aliphatic hydroxyl groups is 3. The molecule has 7 nitrogen and oxygen atoms in total. The number of carbonyl (C=O) groups is 1. The van der Waals surface area contributed by atoms with E-state index in [0.29, 0.717) is 31.4 Å². The lowest BCUT2D eigenvalue weighted by Gasteiger charge is -2.44. The molecule has 5 N–H and O–H groups in total. The van der Waals surface area contributed by atoms with E-state index < -0.39 is 47.3 Å². The number of allylic oxidation sites excluding steroid dienone is 2. The van der Waals surface area contributed by atoms with E-state index in [1.807, 2.05) is 24.3 Å². The molecule has 36 heavy (non-hydrogen) atoms. The minimum Gasteiger partial charge on any atom is -0.388 e. The average Bonchev–Trinajstić information content (AvgIpc) is 3.11. The van der Waals surface area contributed by atoms with Crippen LogP contribution in [0.5, 0.6) is 0 Å². The Morgan fingerprint density at radius 2 is 2.06 bits per heavy atom. The van der Waals surface area contributed by atoms with E-state index in [1.54, 1.807) is 25.3 Å². The third-order valence-electron chi connectivity index (χ3n) is 6.60. The molecule has 1 amide bonds. The zero-order chi connectivity index (χ0) is 26.2. The fourth-order valence-corrected chi connectivity index (χ4v) is 5.35. The lowest BCUT2D eigenvalue weighted by atomic mass is 9.93. The van der Waals surface area contributed by atoms with Gasteiger partial charge in [-0.2, -0.15) is 0 Å². The summed E-state index contributed by atoms with van der Waals surface area (Å²) in [6, 6.07) is 5.48. The molecule has 0 aromatic heterocycles. The molecule has 2 aliphatic rings. The third kappa shape index (κ3) is 7.54. The third-order valence-corrected chi connectivity index (χ3v) is 7.73. The summed E-state index contributed by atoms with van der Waals surface area (Å²) in [5.41, 5.74) is 1.03. The Balaban J connectivity index is 1.58.